The lowest BCUT2D eigenvalue weighted by atomic mass is 10.0. The minimum absolute atomic E-state index is 0.131. The monoisotopic (exact) mass is 285 g/mol. The SMILES string of the molecule is CC(N)c1c(F)cccc1N1CC(=O)Nc2ccccc21. The fourth-order valence-electron chi connectivity index (χ4n) is 2.66. The predicted octanol–water partition coefficient (Wildman–Crippen LogP) is 2.94. The van der Waals surface area contributed by atoms with Gasteiger partial charge in [0.05, 0.1) is 11.4 Å². The van der Waals surface area contributed by atoms with Crippen LogP contribution in [-0.4, -0.2) is 12.5 Å². The van der Waals surface area contributed by atoms with E-state index in [-0.39, 0.29) is 18.3 Å². The van der Waals surface area contributed by atoms with Crippen LogP contribution in [0.1, 0.15) is 18.5 Å². The van der Waals surface area contributed by atoms with Gasteiger partial charge in [-0.25, -0.2) is 4.39 Å². The molecule has 108 valence electrons. The Kier molecular flexibility index (Phi) is 3.35. The second-order valence-electron chi connectivity index (χ2n) is 5.11. The molecule has 3 N–H and O–H groups in total. The smallest absolute Gasteiger partial charge is 0.244 e. The molecule has 4 nitrogen and oxygen atoms in total. The molecule has 1 amide bonds. The molecule has 1 atom stereocenters. The molecule has 0 radical (unpaired) electrons. The third-order valence-corrected chi connectivity index (χ3v) is 3.55. The average molecular weight is 285 g/mol. The highest BCUT2D eigenvalue weighted by Crippen LogP contribution is 2.38. The predicted molar refractivity (Wildman–Crippen MR) is 81.1 cm³/mol. The first-order chi connectivity index (χ1) is 10.1. The van der Waals surface area contributed by atoms with Gasteiger partial charge in [0.25, 0.3) is 0 Å². The quantitative estimate of drug-likeness (QED) is 0.892. The van der Waals surface area contributed by atoms with E-state index in [9.17, 15) is 9.18 Å². The summed E-state index contributed by atoms with van der Waals surface area (Å²) in [5, 5.41) is 2.82. The second-order valence-corrected chi connectivity index (χ2v) is 5.11. The number of para-hydroxylation sites is 2. The number of nitrogens with two attached hydrogens (primary N) is 1. The van der Waals surface area contributed by atoms with Crippen LogP contribution < -0.4 is 16.0 Å². The highest BCUT2D eigenvalue weighted by molar-refractivity contribution is 6.03. The molecule has 5 heteroatoms. The molecule has 0 saturated carbocycles. The summed E-state index contributed by atoms with van der Waals surface area (Å²) in [4.78, 5) is 13.7. The molecule has 1 aliphatic rings. The van der Waals surface area contributed by atoms with Crippen molar-refractivity contribution in [3.8, 4) is 0 Å². The third-order valence-electron chi connectivity index (χ3n) is 3.55. The van der Waals surface area contributed by atoms with Crippen LogP contribution in [-0.2, 0) is 4.79 Å². The number of rotatable bonds is 2. The molecule has 0 fully saturated rings. The van der Waals surface area contributed by atoms with Gasteiger partial charge in [-0.1, -0.05) is 18.2 Å². The Hall–Kier alpha value is -2.40. The second kappa shape index (κ2) is 5.18. The number of benzene rings is 2. The van der Waals surface area contributed by atoms with E-state index in [1.54, 1.807) is 24.0 Å². The minimum Gasteiger partial charge on any atom is -0.330 e. The summed E-state index contributed by atoms with van der Waals surface area (Å²) >= 11 is 0. The number of amides is 1. The zero-order valence-corrected chi connectivity index (χ0v) is 11.6. The summed E-state index contributed by atoms with van der Waals surface area (Å²) in [7, 11) is 0. The van der Waals surface area contributed by atoms with Crippen molar-refractivity contribution in [2.24, 2.45) is 5.73 Å². The zero-order valence-electron chi connectivity index (χ0n) is 11.6. The zero-order chi connectivity index (χ0) is 15.0. The van der Waals surface area contributed by atoms with Gasteiger partial charge in [0.15, 0.2) is 0 Å². The summed E-state index contributed by atoms with van der Waals surface area (Å²) in [6, 6.07) is 11.8. The van der Waals surface area contributed by atoms with Gasteiger partial charge < -0.3 is 16.0 Å². The van der Waals surface area contributed by atoms with Crippen LogP contribution in [0.3, 0.4) is 0 Å². The van der Waals surface area contributed by atoms with E-state index in [1.165, 1.54) is 6.07 Å². The van der Waals surface area contributed by atoms with Gasteiger partial charge in [0.1, 0.15) is 12.4 Å². The average Bonchev–Trinajstić information content (AvgIpc) is 2.45. The van der Waals surface area contributed by atoms with Crippen LogP contribution in [0.5, 0.6) is 0 Å². The van der Waals surface area contributed by atoms with Crippen molar-refractivity contribution < 1.29 is 9.18 Å². The van der Waals surface area contributed by atoms with Crippen LogP contribution in [0.25, 0.3) is 0 Å². The number of halogens is 1. The van der Waals surface area contributed by atoms with Crippen molar-refractivity contribution in [2.75, 3.05) is 16.8 Å². The Morgan fingerprint density at radius 1 is 1.19 bits per heavy atom. The number of hydrogen-bond donors (Lipinski definition) is 2. The molecular formula is C16H16FN3O. The van der Waals surface area contributed by atoms with E-state index in [0.717, 1.165) is 5.69 Å². The topological polar surface area (TPSA) is 58.4 Å². The number of hydrogen-bond acceptors (Lipinski definition) is 3. The van der Waals surface area contributed by atoms with Gasteiger partial charge in [0.2, 0.25) is 5.91 Å². The molecule has 0 spiro atoms. The molecule has 21 heavy (non-hydrogen) atoms. The summed E-state index contributed by atoms with van der Waals surface area (Å²) in [6.07, 6.45) is 0. The molecular weight excluding hydrogens is 269 g/mol. The lowest BCUT2D eigenvalue weighted by molar-refractivity contribution is -0.115. The lowest BCUT2D eigenvalue weighted by Gasteiger charge is -2.33. The lowest BCUT2D eigenvalue weighted by Crippen LogP contribution is -2.36. The molecule has 2 aromatic rings. The maximum Gasteiger partial charge on any atom is 0.244 e. The number of nitrogens with one attached hydrogen (secondary N) is 1. The first-order valence-corrected chi connectivity index (χ1v) is 6.78. The number of fused-ring (bicyclic) bond motifs is 1. The maximum absolute atomic E-state index is 14.1. The highest BCUT2D eigenvalue weighted by atomic mass is 19.1. The number of carbonyl (C=O) groups is 1. The van der Waals surface area contributed by atoms with Gasteiger partial charge in [0, 0.05) is 17.3 Å². The van der Waals surface area contributed by atoms with Gasteiger partial charge in [-0.3, -0.25) is 4.79 Å². The van der Waals surface area contributed by atoms with Gasteiger partial charge in [-0.15, -0.1) is 0 Å². The Labute approximate surface area is 122 Å². The van der Waals surface area contributed by atoms with Crippen molar-refractivity contribution in [3.63, 3.8) is 0 Å². The standard InChI is InChI=1S/C16H16FN3O/c1-10(18)16-11(17)5-4-8-14(16)20-9-15(21)19-12-6-2-3-7-13(12)20/h2-8,10H,9,18H2,1H3,(H,19,21). The molecule has 1 aliphatic heterocycles. The number of anilines is 3. The van der Waals surface area contributed by atoms with Crippen molar-refractivity contribution in [1.82, 2.24) is 0 Å². The van der Waals surface area contributed by atoms with Crippen molar-refractivity contribution in [2.45, 2.75) is 13.0 Å². The fraction of sp³-hybridized carbons (Fsp3) is 0.188. The molecule has 0 aliphatic carbocycles. The molecule has 0 saturated heterocycles. The highest BCUT2D eigenvalue weighted by Gasteiger charge is 2.26. The van der Waals surface area contributed by atoms with E-state index in [0.29, 0.717) is 16.9 Å². The van der Waals surface area contributed by atoms with Crippen molar-refractivity contribution in [3.05, 3.63) is 53.8 Å². The summed E-state index contributed by atoms with van der Waals surface area (Å²) in [6.45, 7) is 1.87. The van der Waals surface area contributed by atoms with Crippen LogP contribution >= 0.6 is 0 Å². The molecule has 3 rings (SSSR count). The van der Waals surface area contributed by atoms with E-state index in [2.05, 4.69) is 5.32 Å². The first kappa shape index (κ1) is 13.6. The Bertz CT molecular complexity index is 700. The van der Waals surface area contributed by atoms with E-state index in [4.69, 9.17) is 5.73 Å². The summed E-state index contributed by atoms with van der Waals surface area (Å²) in [5.41, 5.74) is 8.51. The van der Waals surface area contributed by atoms with Crippen LogP contribution in [0, 0.1) is 5.82 Å². The number of nitrogens with zero attached hydrogens (tertiary/aromatic N) is 1. The van der Waals surface area contributed by atoms with Gasteiger partial charge in [-0.2, -0.15) is 0 Å². The largest absolute Gasteiger partial charge is 0.330 e. The van der Waals surface area contributed by atoms with Crippen LogP contribution in [0.4, 0.5) is 21.5 Å². The van der Waals surface area contributed by atoms with Crippen LogP contribution in [0.15, 0.2) is 42.5 Å². The Morgan fingerprint density at radius 2 is 1.90 bits per heavy atom. The van der Waals surface area contributed by atoms with Gasteiger partial charge in [-0.05, 0) is 31.2 Å². The molecule has 1 unspecified atom stereocenters. The van der Waals surface area contributed by atoms with E-state index >= 15 is 0 Å². The number of carbonyl (C=O) groups excluding carboxylic acids is 1. The Morgan fingerprint density at radius 3 is 2.67 bits per heavy atom. The normalized spacial score (nSPS) is 15.4. The van der Waals surface area contributed by atoms with Crippen molar-refractivity contribution in [1.29, 1.82) is 0 Å². The maximum atomic E-state index is 14.1. The molecule has 1 heterocycles. The van der Waals surface area contributed by atoms with Crippen molar-refractivity contribution >= 4 is 23.0 Å². The van der Waals surface area contributed by atoms with Crippen LogP contribution in [0.2, 0.25) is 0 Å². The Balaban J connectivity index is 2.18. The summed E-state index contributed by atoms with van der Waals surface area (Å²) in [5.74, 6) is -0.487. The molecule has 2 aromatic carbocycles. The fourth-order valence-corrected chi connectivity index (χ4v) is 2.66. The molecule has 0 aromatic heterocycles. The molecule has 0 bridgehead atoms. The van der Waals surface area contributed by atoms with Gasteiger partial charge >= 0.3 is 0 Å². The van der Waals surface area contributed by atoms with E-state index < -0.39 is 6.04 Å². The minimum atomic E-state index is -0.460. The summed E-state index contributed by atoms with van der Waals surface area (Å²) < 4.78 is 14.1. The van der Waals surface area contributed by atoms with E-state index in [1.807, 2.05) is 24.3 Å². The third kappa shape index (κ3) is 2.36. The first-order valence-electron chi connectivity index (χ1n) is 6.78.